The lowest BCUT2D eigenvalue weighted by molar-refractivity contribution is -0.143. The highest BCUT2D eigenvalue weighted by molar-refractivity contribution is 5.74. The van der Waals surface area contributed by atoms with Gasteiger partial charge in [-0.3, -0.25) is 0 Å². The maximum Gasteiger partial charge on any atom is 0.416 e. The lowest BCUT2D eigenvalue weighted by atomic mass is 9.94. The van der Waals surface area contributed by atoms with E-state index in [4.69, 9.17) is 5.73 Å². The minimum absolute atomic E-state index is 0.116. The molecule has 3 rings (SSSR count). The molecule has 0 aliphatic carbocycles. The summed E-state index contributed by atoms with van der Waals surface area (Å²) in [6, 6.07) is 15.0. The number of benzene rings is 3. The Hall–Kier alpha value is -3.22. The average molecular weight is 421 g/mol. The number of nitrogens with two attached hydrogens (primary N) is 1. The first-order valence-corrected chi connectivity index (χ1v) is 8.86. The highest BCUT2D eigenvalue weighted by atomic mass is 19.4. The van der Waals surface area contributed by atoms with Crippen molar-refractivity contribution in [3.8, 4) is 11.1 Å². The number of rotatable bonds is 4. The summed E-state index contributed by atoms with van der Waals surface area (Å²) in [5.74, 6) is 0. The first kappa shape index (κ1) is 21.5. The smallest absolute Gasteiger partial charge is 0.398 e. The van der Waals surface area contributed by atoms with E-state index in [0.717, 1.165) is 5.56 Å². The van der Waals surface area contributed by atoms with Gasteiger partial charge in [0.2, 0.25) is 0 Å². The molecular weight excluding hydrogens is 404 g/mol. The first-order valence-electron chi connectivity index (χ1n) is 8.86. The molecule has 1 nitrogen and oxygen atoms in total. The molecule has 0 saturated heterocycles. The molecule has 156 valence electrons. The number of alkyl halides is 6. The van der Waals surface area contributed by atoms with Crippen LogP contribution >= 0.6 is 0 Å². The van der Waals surface area contributed by atoms with E-state index in [0.29, 0.717) is 35.4 Å². The third-order valence-corrected chi connectivity index (χ3v) is 4.65. The van der Waals surface area contributed by atoms with Crippen molar-refractivity contribution >= 4 is 11.3 Å². The number of anilines is 1. The molecule has 0 aromatic heterocycles. The molecular formula is C23H17F6N. The van der Waals surface area contributed by atoms with Crippen LogP contribution in [0.1, 0.15) is 22.3 Å². The maximum absolute atomic E-state index is 13.1. The van der Waals surface area contributed by atoms with E-state index in [1.54, 1.807) is 24.3 Å². The van der Waals surface area contributed by atoms with E-state index in [1.807, 2.05) is 12.1 Å². The summed E-state index contributed by atoms with van der Waals surface area (Å²) in [6.07, 6.45) is -9.41. The molecule has 7 heteroatoms. The molecule has 3 aromatic carbocycles. The van der Waals surface area contributed by atoms with Crippen molar-refractivity contribution < 1.29 is 26.3 Å². The van der Waals surface area contributed by atoms with Crippen LogP contribution in [-0.2, 0) is 18.8 Å². The summed E-state index contributed by atoms with van der Waals surface area (Å²) in [5, 5.41) is 0. The number of para-hydroxylation sites is 1. The fourth-order valence-electron chi connectivity index (χ4n) is 3.07. The Balaban J connectivity index is 2.01. The van der Waals surface area contributed by atoms with Crippen molar-refractivity contribution in [3.05, 3.63) is 95.6 Å². The van der Waals surface area contributed by atoms with E-state index < -0.39 is 23.5 Å². The van der Waals surface area contributed by atoms with Crippen LogP contribution in [0.3, 0.4) is 0 Å². The molecule has 0 fully saturated rings. The van der Waals surface area contributed by atoms with Crippen molar-refractivity contribution in [2.24, 2.45) is 0 Å². The van der Waals surface area contributed by atoms with Crippen LogP contribution in [0.25, 0.3) is 16.7 Å². The molecule has 0 heterocycles. The quantitative estimate of drug-likeness (QED) is 0.349. The fourth-order valence-corrected chi connectivity index (χ4v) is 3.07. The summed E-state index contributed by atoms with van der Waals surface area (Å²) >= 11 is 0. The molecule has 0 amide bonds. The third-order valence-electron chi connectivity index (χ3n) is 4.65. The van der Waals surface area contributed by atoms with Gasteiger partial charge in [0.05, 0.1) is 11.1 Å². The van der Waals surface area contributed by atoms with Gasteiger partial charge < -0.3 is 5.73 Å². The van der Waals surface area contributed by atoms with E-state index in [1.165, 1.54) is 12.1 Å². The summed E-state index contributed by atoms with van der Waals surface area (Å²) < 4.78 is 78.9. The SMILES string of the molecule is C=C(Cc1ccccc1N)c1cccc(-c2cc(C(F)(F)F)cc(C(F)(F)F)c2)c1. The topological polar surface area (TPSA) is 26.0 Å². The van der Waals surface area contributed by atoms with Crippen LogP contribution in [-0.4, -0.2) is 0 Å². The monoisotopic (exact) mass is 421 g/mol. The fraction of sp³-hybridized carbons (Fsp3) is 0.130. The lowest BCUT2D eigenvalue weighted by Crippen LogP contribution is -2.11. The second-order valence-electron chi connectivity index (χ2n) is 6.85. The summed E-state index contributed by atoms with van der Waals surface area (Å²) in [5.41, 5.74) is 5.91. The summed E-state index contributed by atoms with van der Waals surface area (Å²) in [7, 11) is 0. The van der Waals surface area contributed by atoms with Gasteiger partial charge in [-0.25, -0.2) is 0 Å². The van der Waals surface area contributed by atoms with Crippen LogP contribution in [0.5, 0.6) is 0 Å². The van der Waals surface area contributed by atoms with E-state index in [2.05, 4.69) is 6.58 Å². The van der Waals surface area contributed by atoms with Gasteiger partial charge in [-0.05, 0) is 64.6 Å². The van der Waals surface area contributed by atoms with Crippen molar-refractivity contribution in [2.45, 2.75) is 18.8 Å². The molecule has 0 saturated carbocycles. The highest BCUT2D eigenvalue weighted by Gasteiger charge is 2.37. The van der Waals surface area contributed by atoms with Crippen molar-refractivity contribution in [2.75, 3.05) is 5.73 Å². The summed E-state index contributed by atoms with van der Waals surface area (Å²) in [6.45, 7) is 3.99. The largest absolute Gasteiger partial charge is 0.416 e. The van der Waals surface area contributed by atoms with Gasteiger partial charge in [0.15, 0.2) is 0 Å². The normalized spacial score (nSPS) is 12.1. The number of allylic oxidation sites excluding steroid dienone is 1. The predicted molar refractivity (Wildman–Crippen MR) is 105 cm³/mol. The van der Waals surface area contributed by atoms with Crippen LogP contribution in [0.15, 0.2) is 73.3 Å². The molecule has 30 heavy (non-hydrogen) atoms. The van der Waals surface area contributed by atoms with Gasteiger partial charge in [0.25, 0.3) is 0 Å². The number of hydrogen-bond donors (Lipinski definition) is 1. The molecule has 2 N–H and O–H groups in total. The Bertz CT molecular complexity index is 1050. The second kappa shape index (κ2) is 7.89. The van der Waals surface area contributed by atoms with Crippen LogP contribution in [0.2, 0.25) is 0 Å². The lowest BCUT2D eigenvalue weighted by Gasteiger charge is -2.15. The van der Waals surface area contributed by atoms with Gasteiger partial charge in [0.1, 0.15) is 0 Å². The molecule has 3 aromatic rings. The third kappa shape index (κ3) is 4.84. The molecule has 0 aliphatic rings. The van der Waals surface area contributed by atoms with Gasteiger partial charge in [-0.1, -0.05) is 43.0 Å². The molecule has 0 atom stereocenters. The molecule has 0 spiro atoms. The number of halogens is 6. The van der Waals surface area contributed by atoms with Crippen LogP contribution in [0, 0.1) is 0 Å². The highest BCUT2D eigenvalue weighted by Crippen LogP contribution is 2.39. The van der Waals surface area contributed by atoms with E-state index in [9.17, 15) is 26.3 Å². The van der Waals surface area contributed by atoms with Crippen molar-refractivity contribution in [1.29, 1.82) is 0 Å². The first-order chi connectivity index (χ1) is 13.9. The minimum atomic E-state index is -4.90. The van der Waals surface area contributed by atoms with Gasteiger partial charge in [-0.15, -0.1) is 0 Å². The Labute approximate surface area is 169 Å². The van der Waals surface area contributed by atoms with E-state index >= 15 is 0 Å². The molecule has 0 radical (unpaired) electrons. The predicted octanol–water partition coefficient (Wildman–Crippen LogP) is 7.23. The zero-order valence-electron chi connectivity index (χ0n) is 15.6. The zero-order chi connectivity index (χ0) is 22.1. The Kier molecular flexibility index (Phi) is 5.65. The maximum atomic E-state index is 13.1. The number of nitrogen functional groups attached to an aromatic ring is 1. The Morgan fingerprint density at radius 1 is 0.733 bits per heavy atom. The Morgan fingerprint density at radius 3 is 1.90 bits per heavy atom. The van der Waals surface area contributed by atoms with Crippen molar-refractivity contribution in [3.63, 3.8) is 0 Å². The number of hydrogen-bond acceptors (Lipinski definition) is 1. The standard InChI is InChI=1S/C23H17F6N/c1-14(9-17-5-2-3-8-21(17)30)15-6-4-7-16(10-15)18-11-19(22(24,25)26)13-20(12-18)23(27,28)29/h2-8,10-13H,1,9,30H2. The molecule has 0 aliphatic heterocycles. The van der Waals surface area contributed by atoms with Gasteiger partial charge >= 0.3 is 12.4 Å². The van der Waals surface area contributed by atoms with Crippen LogP contribution in [0.4, 0.5) is 32.0 Å². The summed E-state index contributed by atoms with van der Waals surface area (Å²) in [4.78, 5) is 0. The minimum Gasteiger partial charge on any atom is -0.398 e. The van der Waals surface area contributed by atoms with Crippen molar-refractivity contribution in [1.82, 2.24) is 0 Å². The van der Waals surface area contributed by atoms with Crippen LogP contribution < -0.4 is 5.73 Å². The van der Waals surface area contributed by atoms with E-state index in [-0.39, 0.29) is 17.2 Å². The Morgan fingerprint density at radius 2 is 1.33 bits per heavy atom. The second-order valence-corrected chi connectivity index (χ2v) is 6.85. The van der Waals surface area contributed by atoms with Gasteiger partial charge in [-0.2, -0.15) is 26.3 Å². The zero-order valence-corrected chi connectivity index (χ0v) is 15.6. The van der Waals surface area contributed by atoms with Gasteiger partial charge in [0, 0.05) is 5.69 Å². The molecule has 0 unspecified atom stereocenters. The average Bonchev–Trinajstić information content (AvgIpc) is 2.68. The molecule has 0 bridgehead atoms.